The zero-order valence-corrected chi connectivity index (χ0v) is 13.4. The van der Waals surface area contributed by atoms with Gasteiger partial charge in [-0.1, -0.05) is 64.5 Å². The maximum Gasteiger partial charge on any atom is 0.407 e. The number of ether oxygens (including phenoxy) is 1. The minimum absolute atomic E-state index is 0.178. The van der Waals surface area contributed by atoms with Crippen LogP contribution in [0.3, 0.4) is 0 Å². The van der Waals surface area contributed by atoms with Crippen molar-refractivity contribution >= 4 is 28.1 Å². The number of rotatable bonds is 5. The fraction of sp³-hybridized carbons (Fsp3) is 0.118. The second-order valence-electron chi connectivity index (χ2n) is 4.52. The van der Waals surface area contributed by atoms with Gasteiger partial charge < -0.3 is 15.2 Å². The molecule has 2 aromatic carbocycles. The van der Waals surface area contributed by atoms with Crippen molar-refractivity contribution in [2.45, 2.75) is 6.61 Å². The van der Waals surface area contributed by atoms with Gasteiger partial charge in [0.25, 0.3) is 0 Å². The molecule has 0 atom stereocenters. The summed E-state index contributed by atoms with van der Waals surface area (Å²) in [6, 6.07) is 14.7. The van der Waals surface area contributed by atoms with Gasteiger partial charge in [0.1, 0.15) is 12.4 Å². The fourth-order valence-corrected chi connectivity index (χ4v) is 2.27. The first kappa shape index (κ1) is 16.1. The van der Waals surface area contributed by atoms with Crippen LogP contribution in [0.5, 0.6) is 5.75 Å². The average Bonchev–Trinajstić information content (AvgIpc) is 2.53. The summed E-state index contributed by atoms with van der Waals surface area (Å²) in [6.07, 6.45) is 2.99. The molecule has 114 valence electrons. The number of amides is 1. The van der Waals surface area contributed by atoms with Crippen LogP contribution in [0.15, 0.2) is 59.1 Å². The molecule has 2 aromatic rings. The van der Waals surface area contributed by atoms with E-state index in [2.05, 4.69) is 21.2 Å². The van der Waals surface area contributed by atoms with Crippen molar-refractivity contribution in [1.29, 1.82) is 0 Å². The highest BCUT2D eigenvalue weighted by atomic mass is 79.9. The van der Waals surface area contributed by atoms with Crippen LogP contribution in [-0.2, 0) is 11.3 Å². The minimum atomic E-state index is -0.482. The second-order valence-corrected chi connectivity index (χ2v) is 5.37. The molecule has 0 unspecified atom stereocenters. The van der Waals surface area contributed by atoms with Gasteiger partial charge in [-0.2, -0.15) is 0 Å². The minimum Gasteiger partial charge on any atom is -0.507 e. The number of hydrogen-bond donors (Lipinski definition) is 2. The van der Waals surface area contributed by atoms with E-state index in [1.54, 1.807) is 24.3 Å². The van der Waals surface area contributed by atoms with Crippen LogP contribution in [0, 0.1) is 0 Å². The van der Waals surface area contributed by atoms with E-state index in [0.717, 1.165) is 10.0 Å². The van der Waals surface area contributed by atoms with E-state index >= 15 is 0 Å². The Morgan fingerprint density at radius 2 is 1.95 bits per heavy atom. The maximum absolute atomic E-state index is 11.5. The summed E-state index contributed by atoms with van der Waals surface area (Å²) in [5.41, 5.74) is 1.60. The van der Waals surface area contributed by atoms with Crippen molar-refractivity contribution in [2.75, 3.05) is 6.54 Å². The van der Waals surface area contributed by atoms with Gasteiger partial charge in [-0.25, -0.2) is 4.79 Å². The van der Waals surface area contributed by atoms with Crippen LogP contribution in [0.2, 0.25) is 0 Å². The first-order valence-corrected chi connectivity index (χ1v) is 7.54. The van der Waals surface area contributed by atoms with Crippen molar-refractivity contribution in [3.05, 3.63) is 70.2 Å². The summed E-state index contributed by atoms with van der Waals surface area (Å²) in [5, 5.41) is 12.3. The Labute approximate surface area is 137 Å². The van der Waals surface area contributed by atoms with Crippen molar-refractivity contribution in [1.82, 2.24) is 5.32 Å². The highest BCUT2D eigenvalue weighted by Gasteiger charge is 2.02. The number of benzene rings is 2. The summed E-state index contributed by atoms with van der Waals surface area (Å²) in [5.74, 6) is 0.178. The molecule has 0 saturated heterocycles. The number of alkyl carbamates (subject to hydrolysis) is 1. The predicted octanol–water partition coefficient (Wildman–Crippen LogP) is 4.09. The molecule has 5 heteroatoms. The van der Waals surface area contributed by atoms with E-state index in [1.165, 1.54) is 0 Å². The van der Waals surface area contributed by atoms with E-state index in [0.29, 0.717) is 12.1 Å². The highest BCUT2D eigenvalue weighted by molar-refractivity contribution is 9.10. The smallest absolute Gasteiger partial charge is 0.407 e. The zero-order valence-electron chi connectivity index (χ0n) is 11.8. The van der Waals surface area contributed by atoms with Gasteiger partial charge in [0.05, 0.1) is 0 Å². The normalized spacial score (nSPS) is 10.6. The lowest BCUT2D eigenvalue weighted by Gasteiger charge is -2.05. The van der Waals surface area contributed by atoms with E-state index in [-0.39, 0.29) is 12.4 Å². The van der Waals surface area contributed by atoms with Gasteiger partial charge in [0, 0.05) is 16.6 Å². The Balaban J connectivity index is 1.76. The first-order chi connectivity index (χ1) is 10.7. The number of halogens is 1. The van der Waals surface area contributed by atoms with Gasteiger partial charge in [0.15, 0.2) is 0 Å². The maximum atomic E-state index is 11.5. The molecule has 0 heterocycles. The summed E-state index contributed by atoms with van der Waals surface area (Å²) in [4.78, 5) is 11.5. The van der Waals surface area contributed by atoms with Crippen LogP contribution in [0.4, 0.5) is 4.79 Å². The fourth-order valence-electron chi connectivity index (χ4n) is 1.78. The highest BCUT2D eigenvalue weighted by Crippen LogP contribution is 2.26. The molecule has 22 heavy (non-hydrogen) atoms. The quantitative estimate of drug-likeness (QED) is 0.842. The van der Waals surface area contributed by atoms with Gasteiger partial charge in [-0.15, -0.1) is 0 Å². The SMILES string of the molecule is O=C(NCC=Cc1c(O)cccc1Br)OCc1ccccc1. The first-order valence-electron chi connectivity index (χ1n) is 6.75. The number of hydrogen-bond acceptors (Lipinski definition) is 3. The molecule has 0 saturated carbocycles. The van der Waals surface area contributed by atoms with Crippen molar-refractivity contribution in [3.63, 3.8) is 0 Å². The number of phenolic OH excluding ortho intramolecular Hbond substituents is 1. The topological polar surface area (TPSA) is 58.6 Å². The van der Waals surface area contributed by atoms with E-state index in [4.69, 9.17) is 4.74 Å². The third-order valence-electron chi connectivity index (χ3n) is 2.89. The summed E-state index contributed by atoms with van der Waals surface area (Å²) in [7, 11) is 0. The molecule has 0 spiro atoms. The lowest BCUT2D eigenvalue weighted by atomic mass is 10.2. The molecule has 0 aliphatic rings. The van der Waals surface area contributed by atoms with Crippen molar-refractivity contribution < 1.29 is 14.6 Å². The molecule has 0 aliphatic carbocycles. The number of carbonyl (C=O) groups excluding carboxylic acids is 1. The number of aromatic hydroxyl groups is 1. The molecule has 2 N–H and O–H groups in total. The predicted molar refractivity (Wildman–Crippen MR) is 89.5 cm³/mol. The monoisotopic (exact) mass is 361 g/mol. The number of carbonyl (C=O) groups is 1. The lowest BCUT2D eigenvalue weighted by molar-refractivity contribution is 0.141. The van der Waals surface area contributed by atoms with Crippen LogP contribution in [0.1, 0.15) is 11.1 Å². The Morgan fingerprint density at radius 3 is 2.68 bits per heavy atom. The third kappa shape index (κ3) is 4.93. The number of nitrogens with one attached hydrogen (secondary N) is 1. The second kappa shape index (κ2) is 8.24. The van der Waals surface area contributed by atoms with Crippen LogP contribution in [-0.4, -0.2) is 17.7 Å². The van der Waals surface area contributed by atoms with Crippen LogP contribution >= 0.6 is 15.9 Å². The van der Waals surface area contributed by atoms with Gasteiger partial charge in [-0.05, 0) is 17.7 Å². The Bertz CT molecular complexity index is 636. The van der Waals surface area contributed by atoms with Gasteiger partial charge >= 0.3 is 6.09 Å². The summed E-state index contributed by atoms with van der Waals surface area (Å²) < 4.78 is 5.87. The molecule has 0 aliphatic heterocycles. The standard InChI is InChI=1S/C17H16BrNO3/c18-15-9-4-10-16(20)14(15)8-5-11-19-17(21)22-12-13-6-2-1-3-7-13/h1-10,20H,11-12H2,(H,19,21). The van der Waals surface area contributed by atoms with E-state index < -0.39 is 6.09 Å². The zero-order chi connectivity index (χ0) is 15.8. The third-order valence-corrected chi connectivity index (χ3v) is 3.58. The molecular formula is C17H16BrNO3. The molecule has 0 aromatic heterocycles. The van der Waals surface area contributed by atoms with Gasteiger partial charge in [-0.3, -0.25) is 0 Å². The Hall–Kier alpha value is -2.27. The average molecular weight is 362 g/mol. The molecule has 4 nitrogen and oxygen atoms in total. The van der Waals surface area contributed by atoms with E-state index in [9.17, 15) is 9.90 Å². The summed E-state index contributed by atoms with van der Waals surface area (Å²) in [6.45, 7) is 0.551. The Kier molecular flexibility index (Phi) is 6.03. The van der Waals surface area contributed by atoms with Crippen molar-refractivity contribution in [2.24, 2.45) is 0 Å². The number of phenols is 1. The molecule has 0 bridgehead atoms. The molecular weight excluding hydrogens is 346 g/mol. The Morgan fingerprint density at radius 1 is 1.18 bits per heavy atom. The lowest BCUT2D eigenvalue weighted by Crippen LogP contribution is -2.24. The van der Waals surface area contributed by atoms with Crippen LogP contribution < -0.4 is 5.32 Å². The molecule has 0 radical (unpaired) electrons. The van der Waals surface area contributed by atoms with E-state index in [1.807, 2.05) is 36.4 Å². The largest absolute Gasteiger partial charge is 0.507 e. The van der Waals surface area contributed by atoms with Gasteiger partial charge in [0.2, 0.25) is 0 Å². The van der Waals surface area contributed by atoms with Crippen molar-refractivity contribution in [3.8, 4) is 5.75 Å². The molecule has 1 amide bonds. The molecule has 0 fully saturated rings. The molecule has 2 rings (SSSR count). The summed E-state index contributed by atoms with van der Waals surface area (Å²) >= 11 is 3.36. The van der Waals surface area contributed by atoms with Crippen LogP contribution in [0.25, 0.3) is 6.08 Å².